The summed E-state index contributed by atoms with van der Waals surface area (Å²) in [5, 5.41) is 10.4. The van der Waals surface area contributed by atoms with Crippen molar-refractivity contribution in [3.63, 3.8) is 0 Å². The Morgan fingerprint density at radius 2 is 2.00 bits per heavy atom. The minimum absolute atomic E-state index is 0.409. The zero-order chi connectivity index (χ0) is 13.4. The van der Waals surface area contributed by atoms with Crippen molar-refractivity contribution in [2.24, 2.45) is 0 Å². The first-order chi connectivity index (χ1) is 9.13. The van der Waals surface area contributed by atoms with E-state index in [2.05, 4.69) is 15.9 Å². The summed E-state index contributed by atoms with van der Waals surface area (Å²) in [5.41, 5.74) is 0.900. The van der Waals surface area contributed by atoms with Crippen molar-refractivity contribution in [2.45, 2.75) is 32.0 Å². The summed E-state index contributed by atoms with van der Waals surface area (Å²) < 4.78 is 6.76. The molecule has 1 aromatic carbocycles. The van der Waals surface area contributed by atoms with Crippen LogP contribution < -0.4 is 4.74 Å². The molecule has 0 amide bonds. The predicted molar refractivity (Wildman–Crippen MR) is 80.9 cm³/mol. The number of thiophene rings is 1. The van der Waals surface area contributed by atoms with Gasteiger partial charge in [-0.05, 0) is 59.5 Å². The van der Waals surface area contributed by atoms with Crippen molar-refractivity contribution in [3.8, 4) is 5.75 Å². The maximum atomic E-state index is 10.4. The summed E-state index contributed by atoms with van der Waals surface area (Å²) in [6.45, 7) is 2.04. The first kappa shape index (κ1) is 13.2. The lowest BCUT2D eigenvalue weighted by atomic mass is 10.1. The van der Waals surface area contributed by atoms with Crippen molar-refractivity contribution in [1.82, 2.24) is 0 Å². The second kappa shape index (κ2) is 5.27. The Morgan fingerprint density at radius 3 is 2.53 bits per heavy atom. The number of hydrogen-bond acceptors (Lipinski definition) is 3. The van der Waals surface area contributed by atoms with Gasteiger partial charge in [-0.3, -0.25) is 0 Å². The van der Waals surface area contributed by atoms with Crippen LogP contribution in [-0.2, 0) is 0 Å². The zero-order valence-electron chi connectivity index (χ0n) is 10.6. The molecule has 2 aromatic rings. The summed E-state index contributed by atoms with van der Waals surface area (Å²) in [4.78, 5) is 2.14. The maximum Gasteiger partial charge on any atom is 0.119 e. The summed E-state index contributed by atoms with van der Waals surface area (Å²) >= 11 is 5.10. The van der Waals surface area contributed by atoms with Gasteiger partial charge in [0.1, 0.15) is 11.9 Å². The van der Waals surface area contributed by atoms with Crippen LogP contribution in [0.1, 0.15) is 34.3 Å². The zero-order valence-corrected chi connectivity index (χ0v) is 13.0. The Morgan fingerprint density at radius 1 is 1.32 bits per heavy atom. The maximum absolute atomic E-state index is 10.4. The Labute approximate surface area is 125 Å². The monoisotopic (exact) mass is 338 g/mol. The minimum atomic E-state index is -0.565. The van der Waals surface area contributed by atoms with E-state index >= 15 is 0 Å². The van der Waals surface area contributed by atoms with E-state index in [0.29, 0.717) is 6.10 Å². The van der Waals surface area contributed by atoms with Crippen molar-refractivity contribution in [3.05, 3.63) is 50.1 Å². The summed E-state index contributed by atoms with van der Waals surface area (Å²) in [7, 11) is 0. The quantitative estimate of drug-likeness (QED) is 0.892. The normalized spacial score (nSPS) is 16.4. The largest absolute Gasteiger partial charge is 0.490 e. The van der Waals surface area contributed by atoms with Gasteiger partial charge < -0.3 is 9.84 Å². The standard InChI is InChI=1S/C15H15BrO2S/c1-9-13(16)8-14(19-9)15(17)10-2-4-11(5-3-10)18-12-6-7-12/h2-5,8,12,15,17H,6-7H2,1H3. The Kier molecular flexibility index (Phi) is 3.65. The Bertz CT molecular complexity index is 553. The number of hydrogen-bond donors (Lipinski definition) is 1. The molecule has 1 aromatic heterocycles. The highest BCUT2D eigenvalue weighted by atomic mass is 79.9. The first-order valence-corrected chi connectivity index (χ1v) is 7.95. The molecule has 100 valence electrons. The molecular weight excluding hydrogens is 324 g/mol. The smallest absolute Gasteiger partial charge is 0.119 e. The molecule has 1 atom stereocenters. The second-order valence-corrected chi connectivity index (χ2v) is 6.98. The number of rotatable bonds is 4. The average Bonchev–Trinajstić information content (AvgIpc) is 3.15. The van der Waals surface area contributed by atoms with Crippen LogP contribution in [0.3, 0.4) is 0 Å². The predicted octanol–water partition coefficient (Wildman–Crippen LogP) is 4.44. The highest BCUT2D eigenvalue weighted by molar-refractivity contribution is 9.10. The molecule has 1 N–H and O–H groups in total. The van der Waals surface area contributed by atoms with Gasteiger partial charge in [0.2, 0.25) is 0 Å². The van der Waals surface area contributed by atoms with Gasteiger partial charge in [0.15, 0.2) is 0 Å². The Balaban J connectivity index is 1.76. The van der Waals surface area contributed by atoms with Crippen molar-refractivity contribution >= 4 is 27.3 Å². The second-order valence-electron chi connectivity index (χ2n) is 4.84. The van der Waals surface area contributed by atoms with E-state index in [0.717, 1.165) is 33.5 Å². The van der Waals surface area contributed by atoms with E-state index in [1.54, 1.807) is 11.3 Å². The molecule has 0 aliphatic heterocycles. The fourth-order valence-electron chi connectivity index (χ4n) is 1.89. The van der Waals surface area contributed by atoms with Crippen LogP contribution in [0.4, 0.5) is 0 Å². The summed E-state index contributed by atoms with van der Waals surface area (Å²) in [6.07, 6.45) is 2.16. The van der Waals surface area contributed by atoms with Crippen molar-refractivity contribution in [2.75, 3.05) is 0 Å². The number of ether oxygens (including phenoxy) is 1. The van der Waals surface area contributed by atoms with Gasteiger partial charge in [0, 0.05) is 14.2 Å². The van der Waals surface area contributed by atoms with Crippen molar-refractivity contribution in [1.29, 1.82) is 0 Å². The third kappa shape index (κ3) is 3.02. The molecular formula is C15H15BrO2S. The van der Waals surface area contributed by atoms with E-state index in [9.17, 15) is 5.11 Å². The molecule has 0 saturated heterocycles. The highest BCUT2D eigenvalue weighted by Crippen LogP contribution is 2.34. The topological polar surface area (TPSA) is 29.5 Å². The first-order valence-electron chi connectivity index (χ1n) is 6.34. The molecule has 4 heteroatoms. The van der Waals surface area contributed by atoms with E-state index in [1.807, 2.05) is 37.3 Å². The minimum Gasteiger partial charge on any atom is -0.490 e. The fourth-order valence-corrected chi connectivity index (χ4v) is 3.46. The third-order valence-corrected chi connectivity index (χ3v) is 5.36. The van der Waals surface area contributed by atoms with Crippen LogP contribution in [0.15, 0.2) is 34.8 Å². The van der Waals surface area contributed by atoms with Crippen LogP contribution in [0.5, 0.6) is 5.75 Å². The molecule has 0 spiro atoms. The fraction of sp³-hybridized carbons (Fsp3) is 0.333. The van der Waals surface area contributed by atoms with Crippen LogP contribution in [0.25, 0.3) is 0 Å². The highest BCUT2D eigenvalue weighted by Gasteiger charge is 2.23. The molecule has 1 fully saturated rings. The van der Waals surface area contributed by atoms with Crippen LogP contribution in [0, 0.1) is 6.92 Å². The van der Waals surface area contributed by atoms with E-state index in [-0.39, 0.29) is 0 Å². The number of halogens is 1. The van der Waals surface area contributed by atoms with Gasteiger partial charge in [-0.25, -0.2) is 0 Å². The van der Waals surface area contributed by atoms with Crippen LogP contribution in [0.2, 0.25) is 0 Å². The van der Waals surface area contributed by atoms with E-state index < -0.39 is 6.10 Å². The molecule has 1 heterocycles. The van der Waals surface area contributed by atoms with Crippen LogP contribution in [-0.4, -0.2) is 11.2 Å². The summed E-state index contributed by atoms with van der Waals surface area (Å²) in [6, 6.07) is 9.73. The van der Waals surface area contributed by atoms with Gasteiger partial charge >= 0.3 is 0 Å². The molecule has 1 unspecified atom stereocenters. The molecule has 19 heavy (non-hydrogen) atoms. The number of aliphatic hydroxyl groups is 1. The van der Waals surface area contributed by atoms with Gasteiger partial charge in [0.05, 0.1) is 6.10 Å². The molecule has 0 bridgehead atoms. The molecule has 3 rings (SSSR count). The van der Waals surface area contributed by atoms with Gasteiger partial charge in [-0.1, -0.05) is 12.1 Å². The lowest BCUT2D eigenvalue weighted by Crippen LogP contribution is -1.99. The lowest BCUT2D eigenvalue weighted by molar-refractivity contribution is 0.224. The molecule has 1 aliphatic rings. The molecule has 1 aliphatic carbocycles. The van der Waals surface area contributed by atoms with Crippen LogP contribution >= 0.6 is 27.3 Å². The van der Waals surface area contributed by atoms with E-state index in [4.69, 9.17) is 4.74 Å². The molecule has 1 saturated carbocycles. The van der Waals surface area contributed by atoms with Gasteiger partial charge in [-0.15, -0.1) is 11.3 Å². The molecule has 0 radical (unpaired) electrons. The lowest BCUT2D eigenvalue weighted by Gasteiger charge is -2.10. The number of aryl methyl sites for hydroxylation is 1. The SMILES string of the molecule is Cc1sc(C(O)c2ccc(OC3CC3)cc2)cc1Br. The van der Waals surface area contributed by atoms with Gasteiger partial charge in [0.25, 0.3) is 0 Å². The van der Waals surface area contributed by atoms with Crippen molar-refractivity contribution < 1.29 is 9.84 Å². The average molecular weight is 339 g/mol. The number of aliphatic hydroxyl groups excluding tert-OH is 1. The van der Waals surface area contributed by atoms with E-state index in [1.165, 1.54) is 4.88 Å². The molecule has 2 nitrogen and oxygen atoms in total. The Hall–Kier alpha value is -0.840. The van der Waals surface area contributed by atoms with Gasteiger partial charge in [-0.2, -0.15) is 0 Å². The number of benzene rings is 1. The summed E-state index contributed by atoms with van der Waals surface area (Å²) in [5.74, 6) is 0.891. The third-order valence-electron chi connectivity index (χ3n) is 3.17.